The van der Waals surface area contributed by atoms with Crippen LogP contribution >= 0.6 is 0 Å². The van der Waals surface area contributed by atoms with E-state index in [1.807, 2.05) is 53.4 Å². The Morgan fingerprint density at radius 3 is 2.23 bits per heavy atom. The fraction of sp³-hybridized carbons (Fsp3) is 0.556. The second kappa shape index (κ2) is 14.1. The summed E-state index contributed by atoms with van der Waals surface area (Å²) in [5.74, 6) is 0.933. The molecule has 1 aliphatic carbocycles. The molecule has 2 saturated heterocycles. The summed E-state index contributed by atoms with van der Waals surface area (Å²) in [5, 5.41) is 0. The van der Waals surface area contributed by atoms with Gasteiger partial charge in [0.1, 0.15) is 11.5 Å². The summed E-state index contributed by atoms with van der Waals surface area (Å²) in [5.41, 5.74) is 9.27. The smallest absolute Gasteiger partial charge is 0.326 e. The van der Waals surface area contributed by atoms with Crippen LogP contribution in [0.1, 0.15) is 87.7 Å². The Bertz CT molecular complexity index is 1260. The minimum Gasteiger partial charge on any atom is -0.457 e. The van der Waals surface area contributed by atoms with E-state index in [0.717, 1.165) is 56.4 Å². The lowest BCUT2D eigenvalue weighted by molar-refractivity contribution is -0.132. The van der Waals surface area contributed by atoms with Gasteiger partial charge in [0.25, 0.3) is 0 Å². The summed E-state index contributed by atoms with van der Waals surface area (Å²) in [7, 11) is 0. The third-order valence-electron chi connectivity index (χ3n) is 9.98. The van der Waals surface area contributed by atoms with Gasteiger partial charge in [-0.1, -0.05) is 67.3 Å². The van der Waals surface area contributed by atoms with Crippen LogP contribution in [0.15, 0.2) is 60.2 Å². The number of amides is 3. The van der Waals surface area contributed by atoms with Crippen molar-refractivity contribution in [1.29, 1.82) is 0 Å². The quantitative estimate of drug-likeness (QED) is 0.397. The lowest BCUT2D eigenvalue weighted by Gasteiger charge is -2.43. The summed E-state index contributed by atoms with van der Waals surface area (Å²) in [6.45, 7) is 4.66. The summed E-state index contributed by atoms with van der Waals surface area (Å²) in [6, 6.07) is 15.2. The van der Waals surface area contributed by atoms with Gasteiger partial charge >= 0.3 is 6.03 Å². The molecular formula is C36H48N4O3. The number of urea groups is 1. The van der Waals surface area contributed by atoms with Crippen LogP contribution in [0, 0.1) is 5.92 Å². The Balaban J connectivity index is 1.25. The number of piperidine rings is 2. The molecule has 7 nitrogen and oxygen atoms in total. The zero-order valence-electron chi connectivity index (χ0n) is 25.6. The molecule has 43 heavy (non-hydrogen) atoms. The molecule has 0 aromatic heterocycles. The van der Waals surface area contributed by atoms with Crippen LogP contribution in [0.25, 0.3) is 0 Å². The zero-order valence-corrected chi connectivity index (χ0v) is 25.6. The SMILES string of the molecule is NC[C@H]1CCCN(C(=O)N(C(=O)C2c3ccccc3Oc3ccccc32)C2CCN(C/C3=C/CCCCCCC3)CC2)C1. The van der Waals surface area contributed by atoms with Gasteiger partial charge in [0.2, 0.25) is 5.91 Å². The maximum Gasteiger partial charge on any atom is 0.326 e. The largest absolute Gasteiger partial charge is 0.457 e. The van der Waals surface area contributed by atoms with Crippen molar-refractivity contribution < 1.29 is 14.3 Å². The normalized spacial score (nSPS) is 23.4. The fourth-order valence-corrected chi connectivity index (χ4v) is 7.53. The van der Waals surface area contributed by atoms with Gasteiger partial charge in [-0.05, 0) is 76.0 Å². The topological polar surface area (TPSA) is 79.1 Å². The van der Waals surface area contributed by atoms with Crippen molar-refractivity contribution in [1.82, 2.24) is 14.7 Å². The number of nitrogens with two attached hydrogens (primary N) is 1. The van der Waals surface area contributed by atoms with Crippen molar-refractivity contribution in [3.05, 3.63) is 71.3 Å². The first-order chi connectivity index (χ1) is 21.1. The Labute approximate surface area is 257 Å². The van der Waals surface area contributed by atoms with Crippen LogP contribution in [0.2, 0.25) is 0 Å². The summed E-state index contributed by atoms with van der Waals surface area (Å²) < 4.78 is 6.21. The molecule has 3 aliphatic heterocycles. The number of allylic oxidation sites excluding steroid dienone is 1. The number of imide groups is 1. The molecule has 0 spiro atoms. The zero-order chi connectivity index (χ0) is 29.6. The van der Waals surface area contributed by atoms with Crippen molar-refractivity contribution in [3.63, 3.8) is 0 Å². The summed E-state index contributed by atoms with van der Waals surface area (Å²) in [4.78, 5) is 35.3. The Hall–Kier alpha value is -3.16. The van der Waals surface area contributed by atoms with Crippen LogP contribution in [0.3, 0.4) is 0 Å². The minimum absolute atomic E-state index is 0.133. The van der Waals surface area contributed by atoms with Gasteiger partial charge in [-0.3, -0.25) is 14.6 Å². The van der Waals surface area contributed by atoms with Crippen molar-refractivity contribution in [2.24, 2.45) is 11.7 Å². The third-order valence-corrected chi connectivity index (χ3v) is 9.98. The molecule has 6 rings (SSSR count). The van der Waals surface area contributed by atoms with E-state index >= 15 is 0 Å². The molecule has 2 N–H and O–H groups in total. The van der Waals surface area contributed by atoms with E-state index in [0.29, 0.717) is 31.1 Å². The highest BCUT2D eigenvalue weighted by Gasteiger charge is 2.43. The predicted octanol–water partition coefficient (Wildman–Crippen LogP) is 6.68. The second-order valence-electron chi connectivity index (χ2n) is 13.0. The van der Waals surface area contributed by atoms with Crippen molar-refractivity contribution in [3.8, 4) is 11.5 Å². The molecule has 3 heterocycles. The predicted molar refractivity (Wildman–Crippen MR) is 170 cm³/mol. The second-order valence-corrected chi connectivity index (χ2v) is 13.0. The molecule has 7 heteroatoms. The molecule has 1 atom stereocenters. The first-order valence-corrected chi connectivity index (χ1v) is 16.7. The lowest BCUT2D eigenvalue weighted by atomic mass is 9.86. The van der Waals surface area contributed by atoms with E-state index in [9.17, 15) is 9.59 Å². The highest BCUT2D eigenvalue weighted by atomic mass is 16.5. The molecule has 0 radical (unpaired) electrons. The summed E-state index contributed by atoms with van der Waals surface area (Å²) in [6.07, 6.45) is 15.0. The number of carbonyl (C=O) groups is 2. The Morgan fingerprint density at radius 2 is 1.51 bits per heavy atom. The maximum absolute atomic E-state index is 14.8. The van der Waals surface area contributed by atoms with Crippen LogP contribution in [0.5, 0.6) is 11.5 Å². The number of fused-ring (bicyclic) bond motifs is 2. The fourth-order valence-electron chi connectivity index (χ4n) is 7.53. The highest BCUT2D eigenvalue weighted by molar-refractivity contribution is 6.01. The van der Waals surface area contributed by atoms with Crippen molar-refractivity contribution in [2.75, 3.05) is 39.3 Å². The number of rotatable bonds is 5. The van der Waals surface area contributed by atoms with E-state index in [2.05, 4.69) is 11.0 Å². The number of ether oxygens (including phenoxy) is 1. The van der Waals surface area contributed by atoms with Crippen molar-refractivity contribution in [2.45, 2.75) is 82.6 Å². The molecule has 0 bridgehead atoms. The van der Waals surface area contributed by atoms with Gasteiger partial charge in [-0.25, -0.2) is 4.79 Å². The number of para-hydroxylation sites is 2. The monoisotopic (exact) mass is 584 g/mol. The average molecular weight is 585 g/mol. The first kappa shape index (κ1) is 29.9. The van der Waals surface area contributed by atoms with E-state index in [1.165, 1.54) is 44.9 Å². The van der Waals surface area contributed by atoms with Crippen LogP contribution in [0.4, 0.5) is 4.79 Å². The first-order valence-electron chi connectivity index (χ1n) is 16.7. The molecule has 2 aromatic carbocycles. The Morgan fingerprint density at radius 1 is 0.837 bits per heavy atom. The number of carbonyl (C=O) groups excluding carboxylic acids is 2. The standard InChI is InChI=1S/C36H48N4O3/c37-24-28-14-11-21-39(26-28)36(42)40(29-19-22-38(23-20-29)25-27-12-5-3-1-2-4-6-13-27)35(41)34-30-15-7-9-17-32(30)43-33-18-10-8-16-31(33)34/h7-10,12,15-18,28-29,34H,1-6,11,13-14,19-26,37H2/b27-12+/t28-/m1/s1. The molecule has 0 saturated carbocycles. The van der Waals surface area contributed by atoms with Gasteiger partial charge in [-0.15, -0.1) is 0 Å². The third kappa shape index (κ3) is 6.83. The van der Waals surface area contributed by atoms with Crippen molar-refractivity contribution >= 4 is 11.9 Å². The molecule has 2 aromatic rings. The summed E-state index contributed by atoms with van der Waals surface area (Å²) >= 11 is 0. The maximum atomic E-state index is 14.8. The van der Waals surface area contributed by atoms with Gasteiger partial charge < -0.3 is 15.4 Å². The van der Waals surface area contributed by atoms with Crippen LogP contribution in [-0.2, 0) is 4.79 Å². The number of likely N-dealkylation sites (tertiary alicyclic amines) is 2. The van der Waals surface area contributed by atoms with Crippen LogP contribution in [-0.4, -0.2) is 71.9 Å². The van der Waals surface area contributed by atoms with E-state index < -0.39 is 5.92 Å². The molecule has 0 unspecified atom stereocenters. The number of benzene rings is 2. The lowest BCUT2D eigenvalue weighted by Crippen LogP contribution is -2.57. The minimum atomic E-state index is -0.581. The van der Waals surface area contributed by atoms with E-state index in [4.69, 9.17) is 10.5 Å². The molecule has 230 valence electrons. The van der Waals surface area contributed by atoms with Gasteiger partial charge in [0.05, 0.1) is 5.92 Å². The molecule has 3 amide bonds. The highest BCUT2D eigenvalue weighted by Crippen LogP contribution is 2.45. The van der Waals surface area contributed by atoms with Gasteiger partial charge in [0.15, 0.2) is 0 Å². The average Bonchev–Trinajstić information content (AvgIpc) is 3.18. The molecule has 2 fully saturated rings. The van der Waals surface area contributed by atoms with Crippen LogP contribution < -0.4 is 10.5 Å². The van der Waals surface area contributed by atoms with E-state index in [-0.39, 0.29) is 23.9 Å². The number of hydrogen-bond donors (Lipinski definition) is 1. The Kier molecular flexibility index (Phi) is 9.79. The molecular weight excluding hydrogens is 536 g/mol. The number of nitrogens with zero attached hydrogens (tertiary/aromatic N) is 3. The van der Waals surface area contributed by atoms with Gasteiger partial charge in [0, 0.05) is 49.9 Å². The number of hydrogen-bond acceptors (Lipinski definition) is 5. The van der Waals surface area contributed by atoms with Gasteiger partial charge in [-0.2, -0.15) is 0 Å². The van der Waals surface area contributed by atoms with E-state index in [1.54, 1.807) is 10.5 Å². The molecule has 4 aliphatic rings.